The Morgan fingerprint density at radius 3 is 2.95 bits per heavy atom. The van der Waals surface area contributed by atoms with Crippen LogP contribution in [0.15, 0.2) is 23.0 Å². The van der Waals surface area contributed by atoms with Gasteiger partial charge in [0.2, 0.25) is 0 Å². The number of fused-ring (bicyclic) bond motifs is 4. The summed E-state index contributed by atoms with van der Waals surface area (Å²) in [5.74, 6) is 2.40. The first-order valence-electron chi connectivity index (χ1n) is 8.18. The Morgan fingerprint density at radius 1 is 1.25 bits per heavy atom. The summed E-state index contributed by atoms with van der Waals surface area (Å²) >= 11 is 0. The highest BCUT2D eigenvalue weighted by Crippen LogP contribution is 2.61. The third-order valence-corrected chi connectivity index (χ3v) is 6.69. The molecule has 0 aromatic carbocycles. The fourth-order valence-corrected chi connectivity index (χ4v) is 5.57. The maximum Gasteiger partial charge on any atom is 0.137 e. The molecule has 0 N–H and O–H groups in total. The molecular weight excluding hydrogens is 251 g/mol. The smallest absolute Gasteiger partial charge is 0.137 e. The molecule has 0 heterocycles. The van der Waals surface area contributed by atoms with E-state index in [1.807, 2.05) is 6.08 Å². The van der Waals surface area contributed by atoms with Gasteiger partial charge >= 0.3 is 0 Å². The van der Waals surface area contributed by atoms with Crippen LogP contribution in [-0.4, -0.2) is 5.78 Å². The number of halogens is 1. The van der Waals surface area contributed by atoms with E-state index in [0.717, 1.165) is 38.5 Å². The third kappa shape index (κ3) is 1.63. The maximum atomic E-state index is 14.2. The number of ketones is 1. The molecule has 0 aromatic rings. The van der Waals surface area contributed by atoms with Gasteiger partial charge in [-0.15, -0.1) is 0 Å². The van der Waals surface area contributed by atoms with Crippen molar-refractivity contribution < 1.29 is 9.18 Å². The van der Waals surface area contributed by atoms with Gasteiger partial charge in [-0.2, -0.15) is 0 Å². The molecule has 0 radical (unpaired) electrons. The zero-order valence-corrected chi connectivity index (χ0v) is 12.3. The minimum Gasteiger partial charge on any atom is -0.299 e. The van der Waals surface area contributed by atoms with Gasteiger partial charge in [-0.1, -0.05) is 24.1 Å². The first kappa shape index (κ1) is 12.8. The summed E-state index contributed by atoms with van der Waals surface area (Å²) < 4.78 is 14.2. The quantitative estimate of drug-likeness (QED) is 0.583. The molecule has 0 bridgehead atoms. The summed E-state index contributed by atoms with van der Waals surface area (Å²) in [6, 6.07) is 0. The zero-order valence-electron chi connectivity index (χ0n) is 12.3. The van der Waals surface area contributed by atoms with Gasteiger partial charge in [0.05, 0.1) is 0 Å². The highest BCUT2D eigenvalue weighted by molar-refractivity contribution is 5.82. The van der Waals surface area contributed by atoms with Gasteiger partial charge in [0.1, 0.15) is 11.6 Å². The van der Waals surface area contributed by atoms with Gasteiger partial charge in [0.15, 0.2) is 0 Å². The summed E-state index contributed by atoms with van der Waals surface area (Å²) in [7, 11) is 0. The minimum absolute atomic E-state index is 0.152. The average Bonchev–Trinajstić information content (AvgIpc) is 2.74. The Labute approximate surface area is 120 Å². The standard InChI is InChI=1S/C18H23FO/c1-18-9-8-14-13-5-3-12(20)10-11(13)2-4-15(14)16(18)6-7-17(18)19/h7,14-16H,2-6,8-10H2,1H3/t14?,15?,16?,18-/m0/s1. The lowest BCUT2D eigenvalue weighted by Gasteiger charge is -2.50. The molecule has 1 fully saturated rings. The normalized spacial score (nSPS) is 43.8. The van der Waals surface area contributed by atoms with Gasteiger partial charge < -0.3 is 0 Å². The molecule has 4 rings (SSSR count). The van der Waals surface area contributed by atoms with E-state index in [1.165, 1.54) is 12.0 Å². The van der Waals surface area contributed by atoms with Crippen LogP contribution in [0.1, 0.15) is 58.3 Å². The molecule has 0 aromatic heterocycles. The van der Waals surface area contributed by atoms with Crippen LogP contribution in [0.3, 0.4) is 0 Å². The molecule has 20 heavy (non-hydrogen) atoms. The Bertz CT molecular complexity index is 530. The van der Waals surface area contributed by atoms with E-state index >= 15 is 0 Å². The van der Waals surface area contributed by atoms with Crippen LogP contribution >= 0.6 is 0 Å². The number of hydrogen-bond donors (Lipinski definition) is 0. The predicted molar refractivity (Wildman–Crippen MR) is 76.7 cm³/mol. The SMILES string of the molecule is C[C@]12CCC3C4=C(CCC3C1CC=C2F)CC(=O)CC4. The molecule has 4 atom stereocenters. The average molecular weight is 274 g/mol. The van der Waals surface area contributed by atoms with E-state index in [9.17, 15) is 9.18 Å². The van der Waals surface area contributed by atoms with Crippen molar-refractivity contribution in [1.29, 1.82) is 0 Å². The van der Waals surface area contributed by atoms with E-state index in [-0.39, 0.29) is 11.2 Å². The van der Waals surface area contributed by atoms with Crippen molar-refractivity contribution in [3.05, 3.63) is 23.0 Å². The molecule has 2 heteroatoms. The van der Waals surface area contributed by atoms with Crippen LogP contribution in [0.2, 0.25) is 0 Å². The second-order valence-electron chi connectivity index (χ2n) is 7.50. The van der Waals surface area contributed by atoms with Crippen LogP contribution in [0, 0.1) is 23.2 Å². The highest BCUT2D eigenvalue weighted by Gasteiger charge is 2.52. The second kappa shape index (κ2) is 4.29. The lowest BCUT2D eigenvalue weighted by Crippen LogP contribution is -2.42. The number of Topliss-reactive ketones (excluding diaryl/α,β-unsaturated/α-hetero) is 1. The minimum atomic E-state index is -0.177. The third-order valence-electron chi connectivity index (χ3n) is 6.69. The van der Waals surface area contributed by atoms with Crippen LogP contribution in [0.4, 0.5) is 4.39 Å². The monoisotopic (exact) mass is 274 g/mol. The maximum absolute atomic E-state index is 14.2. The lowest BCUT2D eigenvalue weighted by atomic mass is 9.54. The van der Waals surface area contributed by atoms with E-state index in [0.29, 0.717) is 30.0 Å². The van der Waals surface area contributed by atoms with Crippen molar-refractivity contribution in [2.75, 3.05) is 0 Å². The van der Waals surface area contributed by atoms with Crippen LogP contribution in [0.5, 0.6) is 0 Å². The molecule has 4 aliphatic rings. The van der Waals surface area contributed by atoms with E-state index < -0.39 is 0 Å². The van der Waals surface area contributed by atoms with Gasteiger partial charge in [-0.05, 0) is 56.3 Å². The molecule has 0 amide bonds. The lowest BCUT2D eigenvalue weighted by molar-refractivity contribution is -0.119. The summed E-state index contributed by atoms with van der Waals surface area (Å²) in [6.45, 7) is 2.14. The topological polar surface area (TPSA) is 17.1 Å². The molecular formula is C18H23FO. The Balaban J connectivity index is 1.66. The van der Waals surface area contributed by atoms with E-state index in [4.69, 9.17) is 0 Å². The zero-order chi connectivity index (χ0) is 13.9. The Morgan fingerprint density at radius 2 is 2.10 bits per heavy atom. The molecule has 0 spiro atoms. The fourth-order valence-electron chi connectivity index (χ4n) is 5.57. The number of allylic oxidation sites excluding steroid dienone is 4. The molecule has 108 valence electrons. The summed E-state index contributed by atoms with van der Waals surface area (Å²) in [5.41, 5.74) is 2.89. The molecule has 0 saturated heterocycles. The van der Waals surface area contributed by atoms with Crippen molar-refractivity contribution in [3.8, 4) is 0 Å². The Hall–Kier alpha value is -0.920. The first-order chi connectivity index (χ1) is 9.59. The summed E-state index contributed by atoms with van der Waals surface area (Å²) in [4.78, 5) is 11.7. The summed E-state index contributed by atoms with van der Waals surface area (Å²) in [5, 5.41) is 0. The van der Waals surface area contributed by atoms with Crippen molar-refractivity contribution in [3.63, 3.8) is 0 Å². The van der Waals surface area contributed by atoms with E-state index in [2.05, 4.69) is 6.92 Å². The Kier molecular flexibility index (Phi) is 2.74. The molecule has 1 saturated carbocycles. The van der Waals surface area contributed by atoms with Crippen LogP contribution in [-0.2, 0) is 4.79 Å². The highest BCUT2D eigenvalue weighted by atomic mass is 19.1. The number of hydrogen-bond acceptors (Lipinski definition) is 1. The predicted octanol–water partition coefficient (Wildman–Crippen LogP) is 4.74. The van der Waals surface area contributed by atoms with Crippen LogP contribution < -0.4 is 0 Å². The second-order valence-corrected chi connectivity index (χ2v) is 7.50. The number of carbonyl (C=O) groups excluding carboxylic acids is 1. The van der Waals surface area contributed by atoms with Gasteiger partial charge in [-0.3, -0.25) is 4.79 Å². The van der Waals surface area contributed by atoms with Crippen LogP contribution in [0.25, 0.3) is 0 Å². The molecule has 4 aliphatic carbocycles. The van der Waals surface area contributed by atoms with Gasteiger partial charge in [-0.25, -0.2) is 4.39 Å². The number of carbonyl (C=O) groups is 1. The van der Waals surface area contributed by atoms with Crippen molar-refractivity contribution in [2.45, 2.75) is 58.3 Å². The largest absolute Gasteiger partial charge is 0.299 e. The molecule has 0 aliphatic heterocycles. The van der Waals surface area contributed by atoms with Gasteiger partial charge in [0.25, 0.3) is 0 Å². The van der Waals surface area contributed by atoms with E-state index in [1.54, 1.807) is 5.57 Å². The summed E-state index contributed by atoms with van der Waals surface area (Å²) in [6.07, 6.45) is 9.64. The molecule has 3 unspecified atom stereocenters. The fraction of sp³-hybridized carbons (Fsp3) is 0.722. The van der Waals surface area contributed by atoms with Crippen molar-refractivity contribution in [2.24, 2.45) is 23.2 Å². The van der Waals surface area contributed by atoms with Crippen molar-refractivity contribution >= 4 is 5.78 Å². The molecule has 1 nitrogen and oxygen atoms in total. The number of rotatable bonds is 0. The van der Waals surface area contributed by atoms with Gasteiger partial charge in [0, 0.05) is 18.3 Å². The first-order valence-corrected chi connectivity index (χ1v) is 8.18. The van der Waals surface area contributed by atoms with Crippen molar-refractivity contribution in [1.82, 2.24) is 0 Å².